The van der Waals surface area contributed by atoms with Gasteiger partial charge in [-0.3, -0.25) is 4.79 Å². The number of hydrogen-bond donors (Lipinski definition) is 2. The Morgan fingerprint density at radius 2 is 1.89 bits per heavy atom. The van der Waals surface area contributed by atoms with Crippen molar-refractivity contribution in [1.82, 2.24) is 5.32 Å². The fourth-order valence-electron chi connectivity index (χ4n) is 1.60. The molecule has 6 heteroatoms. The lowest BCUT2D eigenvalue weighted by atomic mass is 10.2. The number of carbonyl (C=O) groups excluding carboxylic acids is 1. The number of carbonyl (C=O) groups is 1. The molecular formula is C13H17Cl2NO3. The van der Waals surface area contributed by atoms with Crippen molar-refractivity contribution in [2.45, 2.75) is 19.3 Å². The summed E-state index contributed by atoms with van der Waals surface area (Å²) in [4.78, 5) is 11.9. The van der Waals surface area contributed by atoms with Gasteiger partial charge in [-0.05, 0) is 31.4 Å². The zero-order valence-corrected chi connectivity index (χ0v) is 12.2. The number of rotatable bonds is 7. The van der Waals surface area contributed by atoms with Gasteiger partial charge < -0.3 is 15.2 Å². The van der Waals surface area contributed by atoms with Crippen LogP contribution in [0.2, 0.25) is 10.0 Å². The quantitative estimate of drug-likeness (QED) is 0.762. The molecule has 19 heavy (non-hydrogen) atoms. The molecule has 1 aromatic rings. The fraction of sp³-hybridized carbons (Fsp3) is 0.462. The highest BCUT2D eigenvalue weighted by Crippen LogP contribution is 2.33. The van der Waals surface area contributed by atoms with Crippen LogP contribution in [0.15, 0.2) is 12.1 Å². The lowest BCUT2D eigenvalue weighted by Gasteiger charge is -2.09. The zero-order chi connectivity index (χ0) is 14.3. The maximum absolute atomic E-state index is 11.9. The molecule has 0 heterocycles. The van der Waals surface area contributed by atoms with Gasteiger partial charge in [-0.25, -0.2) is 0 Å². The van der Waals surface area contributed by atoms with Gasteiger partial charge in [0, 0.05) is 18.7 Å². The van der Waals surface area contributed by atoms with E-state index in [0.717, 1.165) is 19.3 Å². The minimum Gasteiger partial charge on any atom is -0.494 e. The molecule has 0 bridgehead atoms. The molecule has 1 amide bonds. The van der Waals surface area contributed by atoms with Crippen molar-refractivity contribution < 1.29 is 14.6 Å². The van der Waals surface area contributed by atoms with E-state index >= 15 is 0 Å². The molecule has 0 saturated heterocycles. The second-order valence-corrected chi connectivity index (χ2v) is 4.83. The highest BCUT2D eigenvalue weighted by Gasteiger charge is 2.12. The van der Waals surface area contributed by atoms with Crippen LogP contribution in [-0.4, -0.2) is 31.3 Å². The summed E-state index contributed by atoms with van der Waals surface area (Å²) in [7, 11) is 1.47. The van der Waals surface area contributed by atoms with Gasteiger partial charge in [0.1, 0.15) is 0 Å². The first-order valence-electron chi connectivity index (χ1n) is 6.02. The van der Waals surface area contributed by atoms with Gasteiger partial charge in [-0.15, -0.1) is 0 Å². The summed E-state index contributed by atoms with van der Waals surface area (Å²) in [6.07, 6.45) is 2.45. The Hall–Kier alpha value is -0.970. The van der Waals surface area contributed by atoms with Gasteiger partial charge in [0.2, 0.25) is 0 Å². The Morgan fingerprint density at radius 3 is 2.42 bits per heavy atom. The second-order valence-electron chi connectivity index (χ2n) is 4.01. The number of aliphatic hydroxyl groups excluding tert-OH is 1. The van der Waals surface area contributed by atoms with Crippen molar-refractivity contribution in [2.24, 2.45) is 0 Å². The molecule has 0 aromatic heterocycles. The Morgan fingerprint density at radius 1 is 1.26 bits per heavy atom. The van der Waals surface area contributed by atoms with Gasteiger partial charge in [0.15, 0.2) is 5.75 Å². The second kappa shape index (κ2) is 8.25. The molecule has 0 aliphatic rings. The molecule has 0 aliphatic carbocycles. The van der Waals surface area contributed by atoms with E-state index in [1.54, 1.807) is 0 Å². The van der Waals surface area contributed by atoms with Gasteiger partial charge >= 0.3 is 0 Å². The predicted octanol–water partition coefficient (Wildman–Crippen LogP) is 2.89. The summed E-state index contributed by atoms with van der Waals surface area (Å²) in [6, 6.07) is 3.05. The third kappa shape index (κ3) is 4.90. The van der Waals surface area contributed by atoms with Crippen LogP contribution in [0.5, 0.6) is 5.75 Å². The lowest BCUT2D eigenvalue weighted by molar-refractivity contribution is 0.0953. The molecule has 0 aliphatic heterocycles. The summed E-state index contributed by atoms with van der Waals surface area (Å²) in [5.41, 5.74) is 0.401. The summed E-state index contributed by atoms with van der Waals surface area (Å²) in [5.74, 6) is 0.137. The molecule has 0 atom stereocenters. The highest BCUT2D eigenvalue weighted by atomic mass is 35.5. The number of halogens is 2. The van der Waals surface area contributed by atoms with E-state index < -0.39 is 0 Å². The lowest BCUT2D eigenvalue weighted by Crippen LogP contribution is -2.24. The van der Waals surface area contributed by atoms with Gasteiger partial charge in [-0.1, -0.05) is 23.2 Å². The fourth-order valence-corrected chi connectivity index (χ4v) is 2.24. The Kier molecular flexibility index (Phi) is 6.99. The molecule has 0 saturated carbocycles. The van der Waals surface area contributed by atoms with Crippen molar-refractivity contribution in [1.29, 1.82) is 0 Å². The van der Waals surface area contributed by atoms with Crippen LogP contribution in [0, 0.1) is 0 Å². The number of hydrogen-bond acceptors (Lipinski definition) is 3. The molecule has 2 N–H and O–H groups in total. The first kappa shape index (κ1) is 16.1. The van der Waals surface area contributed by atoms with Crippen molar-refractivity contribution in [2.75, 3.05) is 20.3 Å². The topological polar surface area (TPSA) is 58.6 Å². The van der Waals surface area contributed by atoms with Crippen LogP contribution in [0.3, 0.4) is 0 Å². The third-order valence-corrected chi connectivity index (χ3v) is 3.15. The summed E-state index contributed by atoms with van der Waals surface area (Å²) in [6.45, 7) is 0.734. The number of methoxy groups -OCH3 is 1. The monoisotopic (exact) mass is 305 g/mol. The Balaban J connectivity index is 2.58. The minimum atomic E-state index is -0.226. The number of benzene rings is 1. The smallest absolute Gasteiger partial charge is 0.251 e. The standard InChI is InChI=1S/C13H17Cl2NO3/c1-19-12-10(14)7-9(8-11(12)15)13(18)16-5-3-2-4-6-17/h7-8,17H,2-6H2,1H3,(H,16,18). The van der Waals surface area contributed by atoms with E-state index in [1.807, 2.05) is 0 Å². The van der Waals surface area contributed by atoms with E-state index in [9.17, 15) is 4.79 Å². The van der Waals surface area contributed by atoms with Crippen LogP contribution < -0.4 is 10.1 Å². The zero-order valence-electron chi connectivity index (χ0n) is 10.7. The first-order valence-corrected chi connectivity index (χ1v) is 6.77. The van der Waals surface area contributed by atoms with Crippen LogP contribution >= 0.6 is 23.2 Å². The Labute approximate surface area is 122 Å². The average molecular weight is 306 g/mol. The Bertz CT molecular complexity index is 415. The summed E-state index contributed by atoms with van der Waals surface area (Å²) >= 11 is 11.9. The van der Waals surface area contributed by atoms with E-state index in [4.69, 9.17) is 33.0 Å². The van der Waals surface area contributed by atoms with E-state index in [2.05, 4.69) is 5.32 Å². The van der Waals surface area contributed by atoms with Crippen LogP contribution in [0.1, 0.15) is 29.6 Å². The van der Waals surface area contributed by atoms with Crippen molar-refractivity contribution in [3.8, 4) is 5.75 Å². The molecule has 0 spiro atoms. The van der Waals surface area contributed by atoms with E-state index in [-0.39, 0.29) is 12.5 Å². The van der Waals surface area contributed by atoms with Crippen LogP contribution in [0.4, 0.5) is 0 Å². The van der Waals surface area contributed by atoms with Crippen molar-refractivity contribution in [3.05, 3.63) is 27.7 Å². The van der Waals surface area contributed by atoms with Gasteiger partial charge in [-0.2, -0.15) is 0 Å². The number of nitrogens with one attached hydrogen (secondary N) is 1. The average Bonchev–Trinajstić information content (AvgIpc) is 2.38. The molecule has 1 rings (SSSR count). The largest absolute Gasteiger partial charge is 0.494 e. The van der Waals surface area contributed by atoms with Crippen LogP contribution in [0.25, 0.3) is 0 Å². The third-order valence-electron chi connectivity index (χ3n) is 2.59. The van der Waals surface area contributed by atoms with Crippen molar-refractivity contribution >= 4 is 29.1 Å². The number of aliphatic hydroxyl groups is 1. The molecule has 0 unspecified atom stereocenters. The molecule has 106 valence electrons. The van der Waals surface area contributed by atoms with Crippen LogP contribution in [-0.2, 0) is 0 Å². The van der Waals surface area contributed by atoms with E-state index in [0.29, 0.717) is 27.9 Å². The van der Waals surface area contributed by atoms with Gasteiger partial charge in [0.25, 0.3) is 5.91 Å². The van der Waals surface area contributed by atoms with Gasteiger partial charge in [0.05, 0.1) is 17.2 Å². The maximum atomic E-state index is 11.9. The summed E-state index contributed by atoms with van der Waals surface area (Å²) in [5, 5.41) is 12.0. The number of ether oxygens (including phenoxy) is 1. The van der Waals surface area contributed by atoms with Crippen molar-refractivity contribution in [3.63, 3.8) is 0 Å². The first-order chi connectivity index (χ1) is 9.10. The molecule has 0 fully saturated rings. The number of unbranched alkanes of at least 4 members (excludes halogenated alkanes) is 2. The highest BCUT2D eigenvalue weighted by molar-refractivity contribution is 6.37. The predicted molar refractivity (Wildman–Crippen MR) is 76.3 cm³/mol. The molecule has 0 radical (unpaired) electrons. The maximum Gasteiger partial charge on any atom is 0.251 e. The normalized spacial score (nSPS) is 10.3. The molecular weight excluding hydrogens is 289 g/mol. The molecule has 4 nitrogen and oxygen atoms in total. The molecule has 1 aromatic carbocycles. The summed E-state index contributed by atoms with van der Waals surface area (Å²) < 4.78 is 5.02. The number of amides is 1. The van der Waals surface area contributed by atoms with E-state index in [1.165, 1.54) is 19.2 Å². The minimum absolute atomic E-state index is 0.178. The SMILES string of the molecule is COc1c(Cl)cc(C(=O)NCCCCCO)cc1Cl.